The average molecular weight is 328 g/mol. The number of halogens is 1. The number of aliphatic carboxylic acids is 1. The number of benzene rings is 1. The molecule has 6 heteroatoms. The van der Waals surface area contributed by atoms with Gasteiger partial charge in [0, 0.05) is 10.0 Å². The monoisotopic (exact) mass is 327 g/mol. The number of carboxylic acids is 1. The van der Waals surface area contributed by atoms with Gasteiger partial charge in [0.05, 0.1) is 7.11 Å². The van der Waals surface area contributed by atoms with E-state index in [1.807, 2.05) is 24.3 Å². The Balaban J connectivity index is 2.60. The van der Waals surface area contributed by atoms with Gasteiger partial charge in [-0.3, -0.25) is 0 Å². The summed E-state index contributed by atoms with van der Waals surface area (Å²) in [5, 5.41) is 12.0. The van der Waals surface area contributed by atoms with E-state index < -0.39 is 5.97 Å². The van der Waals surface area contributed by atoms with Crippen LogP contribution in [0.15, 0.2) is 33.9 Å². The predicted molar refractivity (Wildman–Crippen MR) is 76.4 cm³/mol. The van der Waals surface area contributed by atoms with Gasteiger partial charge < -0.3 is 14.7 Å². The van der Waals surface area contributed by atoms with E-state index in [2.05, 4.69) is 21.1 Å². The Morgan fingerprint density at radius 3 is 2.89 bits per heavy atom. The first kappa shape index (κ1) is 15.2. The fourth-order valence-corrected chi connectivity index (χ4v) is 1.61. The number of hydrogen-bond acceptors (Lipinski definition) is 4. The molecule has 0 bridgehead atoms. The van der Waals surface area contributed by atoms with Crippen LogP contribution in [0.2, 0.25) is 0 Å². The van der Waals surface area contributed by atoms with Crippen molar-refractivity contribution in [2.75, 3.05) is 13.7 Å². The van der Waals surface area contributed by atoms with Crippen LogP contribution in [0.4, 0.5) is 0 Å². The molecule has 0 atom stereocenters. The number of nitrogens with zero attached hydrogens (tertiary/aromatic N) is 1. The molecule has 1 aromatic carbocycles. The molecule has 0 fully saturated rings. The van der Waals surface area contributed by atoms with Gasteiger partial charge in [-0.05, 0) is 31.2 Å². The van der Waals surface area contributed by atoms with Gasteiger partial charge in [0.15, 0.2) is 5.71 Å². The van der Waals surface area contributed by atoms with Crippen molar-refractivity contribution in [3.8, 4) is 5.75 Å². The highest BCUT2D eigenvalue weighted by Gasteiger charge is 2.01. The Hall–Kier alpha value is -1.82. The Morgan fingerprint density at radius 2 is 2.26 bits per heavy atom. The lowest BCUT2D eigenvalue weighted by atomic mass is 10.2. The number of carboxylic acid groups (broad SMARTS) is 1. The number of ether oxygens (including phenoxy) is 1. The second kappa shape index (κ2) is 7.58. The third-order valence-electron chi connectivity index (χ3n) is 2.17. The van der Waals surface area contributed by atoms with E-state index in [-0.39, 0.29) is 12.3 Å². The van der Waals surface area contributed by atoms with Gasteiger partial charge in [0.2, 0.25) is 0 Å². The topological polar surface area (TPSA) is 68.1 Å². The van der Waals surface area contributed by atoms with Crippen molar-refractivity contribution in [1.29, 1.82) is 0 Å². The van der Waals surface area contributed by atoms with Crippen molar-refractivity contribution < 1.29 is 19.5 Å². The van der Waals surface area contributed by atoms with E-state index in [1.165, 1.54) is 6.92 Å². The zero-order valence-electron chi connectivity index (χ0n) is 10.6. The molecule has 0 heterocycles. The van der Waals surface area contributed by atoms with Crippen LogP contribution in [-0.2, 0) is 9.63 Å². The van der Waals surface area contributed by atoms with E-state index in [0.717, 1.165) is 15.8 Å². The van der Waals surface area contributed by atoms with Gasteiger partial charge in [-0.1, -0.05) is 27.2 Å². The summed E-state index contributed by atoms with van der Waals surface area (Å²) >= 11 is 3.38. The molecule has 19 heavy (non-hydrogen) atoms. The number of rotatable bonds is 6. The molecule has 0 saturated carbocycles. The van der Waals surface area contributed by atoms with Crippen molar-refractivity contribution in [1.82, 2.24) is 0 Å². The maximum Gasteiger partial charge on any atom is 0.353 e. The van der Waals surface area contributed by atoms with Crippen LogP contribution in [0.25, 0.3) is 6.08 Å². The van der Waals surface area contributed by atoms with Crippen LogP contribution in [0.5, 0.6) is 5.75 Å². The largest absolute Gasteiger partial charge is 0.496 e. The molecule has 0 aliphatic carbocycles. The molecule has 0 aliphatic heterocycles. The lowest BCUT2D eigenvalue weighted by Gasteiger charge is -2.04. The Bertz CT molecular complexity index is 511. The summed E-state index contributed by atoms with van der Waals surface area (Å²) < 4.78 is 6.15. The van der Waals surface area contributed by atoms with E-state index in [1.54, 1.807) is 13.2 Å². The fraction of sp³-hybridized carbons (Fsp3) is 0.231. The SMILES string of the molecule is COc1ccc(Br)cc1/C=C/CO/N=C(/C)C(=O)O. The molecule has 0 saturated heterocycles. The van der Waals surface area contributed by atoms with E-state index in [9.17, 15) is 4.79 Å². The van der Waals surface area contributed by atoms with E-state index in [4.69, 9.17) is 14.7 Å². The Kier molecular flexibility index (Phi) is 6.08. The van der Waals surface area contributed by atoms with Crippen LogP contribution in [-0.4, -0.2) is 30.5 Å². The molecule has 1 N–H and O–H groups in total. The van der Waals surface area contributed by atoms with Gasteiger partial charge in [0.1, 0.15) is 12.4 Å². The van der Waals surface area contributed by atoms with Crippen molar-refractivity contribution in [2.45, 2.75) is 6.92 Å². The molecule has 0 amide bonds. The average Bonchev–Trinajstić information content (AvgIpc) is 2.38. The summed E-state index contributed by atoms with van der Waals surface area (Å²) in [7, 11) is 1.59. The molecule has 102 valence electrons. The van der Waals surface area contributed by atoms with Gasteiger partial charge >= 0.3 is 5.97 Å². The van der Waals surface area contributed by atoms with E-state index >= 15 is 0 Å². The van der Waals surface area contributed by atoms with Crippen LogP contribution in [0.1, 0.15) is 12.5 Å². The third-order valence-corrected chi connectivity index (χ3v) is 2.66. The van der Waals surface area contributed by atoms with Gasteiger partial charge in [-0.25, -0.2) is 4.79 Å². The second-order valence-electron chi connectivity index (χ2n) is 3.57. The number of oxime groups is 1. The minimum Gasteiger partial charge on any atom is -0.496 e. The summed E-state index contributed by atoms with van der Waals surface area (Å²) in [6.45, 7) is 1.55. The molecule has 0 aromatic heterocycles. The molecular formula is C13H14BrNO4. The quantitative estimate of drug-likeness (QED) is 0.495. The van der Waals surface area contributed by atoms with Crippen LogP contribution in [0.3, 0.4) is 0 Å². The highest BCUT2D eigenvalue weighted by atomic mass is 79.9. The van der Waals surface area contributed by atoms with Crippen LogP contribution < -0.4 is 4.74 Å². The Labute approximate surface area is 119 Å². The van der Waals surface area contributed by atoms with Crippen LogP contribution in [0, 0.1) is 0 Å². The molecule has 0 radical (unpaired) electrons. The first-order valence-corrected chi connectivity index (χ1v) is 6.24. The number of methoxy groups -OCH3 is 1. The normalized spacial score (nSPS) is 11.6. The molecule has 0 unspecified atom stereocenters. The minimum atomic E-state index is -1.10. The molecule has 0 aliphatic rings. The second-order valence-corrected chi connectivity index (χ2v) is 4.48. The first-order chi connectivity index (χ1) is 9.04. The maximum atomic E-state index is 10.5. The summed E-state index contributed by atoms with van der Waals surface area (Å²) in [4.78, 5) is 15.3. The predicted octanol–water partition coefficient (Wildman–Crippen LogP) is 2.95. The lowest BCUT2D eigenvalue weighted by molar-refractivity contribution is -0.129. The highest BCUT2D eigenvalue weighted by molar-refractivity contribution is 9.10. The summed E-state index contributed by atoms with van der Waals surface area (Å²) in [5.41, 5.74) is 0.799. The third kappa shape index (κ3) is 5.13. The van der Waals surface area contributed by atoms with Crippen molar-refractivity contribution >= 4 is 33.7 Å². The molecular weight excluding hydrogens is 314 g/mol. The van der Waals surface area contributed by atoms with Gasteiger partial charge in [0.25, 0.3) is 0 Å². The molecule has 1 aromatic rings. The van der Waals surface area contributed by atoms with E-state index in [0.29, 0.717) is 0 Å². The molecule has 1 rings (SSSR count). The fourth-order valence-electron chi connectivity index (χ4n) is 1.23. The van der Waals surface area contributed by atoms with Crippen molar-refractivity contribution in [3.05, 3.63) is 34.3 Å². The van der Waals surface area contributed by atoms with Crippen LogP contribution >= 0.6 is 15.9 Å². The smallest absolute Gasteiger partial charge is 0.353 e. The molecule has 5 nitrogen and oxygen atoms in total. The maximum absolute atomic E-state index is 10.5. The first-order valence-electron chi connectivity index (χ1n) is 5.44. The number of carbonyl (C=O) groups is 1. The summed E-state index contributed by atoms with van der Waals surface area (Å²) in [6, 6.07) is 5.63. The zero-order valence-corrected chi connectivity index (χ0v) is 12.2. The number of hydrogen-bond donors (Lipinski definition) is 1. The van der Waals surface area contributed by atoms with Gasteiger partial charge in [-0.15, -0.1) is 0 Å². The minimum absolute atomic E-state index is 0.0894. The Morgan fingerprint density at radius 1 is 1.53 bits per heavy atom. The van der Waals surface area contributed by atoms with Crippen molar-refractivity contribution in [2.24, 2.45) is 5.16 Å². The lowest BCUT2D eigenvalue weighted by Crippen LogP contribution is -2.08. The zero-order chi connectivity index (χ0) is 14.3. The molecule has 0 spiro atoms. The highest BCUT2D eigenvalue weighted by Crippen LogP contribution is 2.23. The summed E-state index contributed by atoms with van der Waals surface area (Å²) in [5.74, 6) is -0.359. The van der Waals surface area contributed by atoms with Crippen molar-refractivity contribution in [3.63, 3.8) is 0 Å². The standard InChI is InChI=1S/C13H14BrNO4/c1-9(13(16)17)15-19-7-3-4-10-8-11(14)5-6-12(10)18-2/h3-6,8H,7H2,1-2H3,(H,16,17)/b4-3+,15-9-. The summed E-state index contributed by atoms with van der Waals surface area (Å²) in [6.07, 6.45) is 3.54. The van der Waals surface area contributed by atoms with Gasteiger partial charge in [-0.2, -0.15) is 0 Å².